The number of piperidine rings is 1. The Bertz CT molecular complexity index is 1110. The summed E-state index contributed by atoms with van der Waals surface area (Å²) in [5.74, 6) is 0.861. The lowest BCUT2D eigenvalue weighted by molar-refractivity contribution is -0.219. The lowest BCUT2D eigenvalue weighted by Gasteiger charge is -2.41. The van der Waals surface area contributed by atoms with Gasteiger partial charge in [-0.1, -0.05) is 6.42 Å². The monoisotopic (exact) mass is 623 g/mol. The highest BCUT2D eigenvalue weighted by atomic mass is 35.5. The van der Waals surface area contributed by atoms with Gasteiger partial charge in [0.15, 0.2) is 5.79 Å². The molecule has 6 unspecified atom stereocenters. The van der Waals surface area contributed by atoms with Crippen molar-refractivity contribution >= 4 is 17.6 Å². The van der Waals surface area contributed by atoms with Crippen LogP contribution in [0.25, 0.3) is 0 Å². The maximum atomic E-state index is 15.1. The number of carbonyl (C=O) groups excluding carboxylic acids is 1. The van der Waals surface area contributed by atoms with Crippen LogP contribution in [0.1, 0.15) is 95.3 Å². The van der Waals surface area contributed by atoms with Gasteiger partial charge in [-0.15, -0.1) is 11.6 Å². The molecule has 4 heterocycles. The van der Waals surface area contributed by atoms with Gasteiger partial charge < -0.3 is 23.5 Å². The summed E-state index contributed by atoms with van der Waals surface area (Å²) in [6.07, 6.45) is 8.93. The SMILES string of the molecule is CCOC(=O)CCc1c(C)nc(CN2CCC(C3CCCC4O[C@](C)(C5CCC(Cl)CC5F)OC43)CC2)n1C[C@@H]1CCO1. The minimum Gasteiger partial charge on any atom is -0.466 e. The molecule has 0 amide bonds. The van der Waals surface area contributed by atoms with E-state index in [1.54, 1.807) is 0 Å². The van der Waals surface area contributed by atoms with Crippen molar-refractivity contribution in [2.75, 3.05) is 26.3 Å². The molecule has 10 heteroatoms. The lowest BCUT2D eigenvalue weighted by atomic mass is 9.73. The van der Waals surface area contributed by atoms with Crippen molar-refractivity contribution in [2.24, 2.45) is 17.8 Å². The third kappa shape index (κ3) is 6.96. The lowest BCUT2D eigenvalue weighted by Crippen LogP contribution is -2.46. The number of aromatic nitrogens is 2. The van der Waals surface area contributed by atoms with Crippen LogP contribution >= 0.6 is 11.6 Å². The number of imidazole rings is 1. The van der Waals surface area contributed by atoms with Gasteiger partial charge in [0.2, 0.25) is 0 Å². The predicted octanol–water partition coefficient (Wildman–Crippen LogP) is 5.73. The molecule has 0 spiro atoms. The van der Waals surface area contributed by atoms with Crippen LogP contribution in [0, 0.1) is 24.7 Å². The maximum absolute atomic E-state index is 15.1. The van der Waals surface area contributed by atoms with Crippen molar-refractivity contribution in [1.29, 1.82) is 0 Å². The molecule has 0 N–H and O–H groups in total. The molecule has 2 aliphatic carbocycles. The number of halogens is 2. The van der Waals surface area contributed by atoms with Crippen molar-refractivity contribution < 1.29 is 28.1 Å². The fraction of sp³-hybridized carbons (Fsp3) is 0.879. The summed E-state index contributed by atoms with van der Waals surface area (Å²) >= 11 is 6.27. The minimum absolute atomic E-state index is 0.0576. The highest BCUT2D eigenvalue weighted by Gasteiger charge is 2.56. The first kappa shape index (κ1) is 31.7. The third-order valence-corrected chi connectivity index (χ3v) is 11.4. The van der Waals surface area contributed by atoms with Crippen LogP contribution in [-0.2, 0) is 43.3 Å². The highest BCUT2D eigenvalue weighted by molar-refractivity contribution is 6.20. The van der Waals surface area contributed by atoms with Gasteiger partial charge in [0.1, 0.15) is 12.0 Å². The van der Waals surface area contributed by atoms with Crippen LogP contribution in [0.5, 0.6) is 0 Å². The Morgan fingerprint density at radius 3 is 2.63 bits per heavy atom. The summed E-state index contributed by atoms with van der Waals surface area (Å²) in [6.45, 7) is 10.7. The average molecular weight is 624 g/mol. The molecule has 6 rings (SSSR count). The topological polar surface area (TPSA) is 75.0 Å². The second-order valence-electron chi connectivity index (χ2n) is 13.8. The van der Waals surface area contributed by atoms with Crippen molar-refractivity contribution in [3.05, 3.63) is 17.2 Å². The van der Waals surface area contributed by atoms with Gasteiger partial charge in [-0.3, -0.25) is 9.69 Å². The first-order chi connectivity index (χ1) is 20.7. The number of ether oxygens (including phenoxy) is 4. The molecule has 0 aromatic carbocycles. The molecular formula is C33H51ClFN3O5. The van der Waals surface area contributed by atoms with E-state index < -0.39 is 12.0 Å². The number of rotatable bonds is 10. The summed E-state index contributed by atoms with van der Waals surface area (Å²) in [7, 11) is 0. The van der Waals surface area contributed by atoms with Gasteiger partial charge in [-0.2, -0.15) is 0 Å². The summed E-state index contributed by atoms with van der Waals surface area (Å²) in [5.41, 5.74) is 2.12. The molecule has 5 fully saturated rings. The number of hydrogen-bond acceptors (Lipinski definition) is 7. The van der Waals surface area contributed by atoms with Crippen LogP contribution in [0.15, 0.2) is 0 Å². The average Bonchev–Trinajstić information content (AvgIpc) is 3.45. The highest BCUT2D eigenvalue weighted by Crippen LogP contribution is 2.50. The van der Waals surface area contributed by atoms with Gasteiger partial charge in [-0.05, 0) is 103 Å². The summed E-state index contributed by atoms with van der Waals surface area (Å²) in [5, 5.41) is -0.0823. The van der Waals surface area contributed by atoms with E-state index >= 15 is 4.39 Å². The van der Waals surface area contributed by atoms with E-state index in [0.717, 1.165) is 101 Å². The van der Waals surface area contributed by atoms with Gasteiger partial charge in [0.25, 0.3) is 0 Å². The van der Waals surface area contributed by atoms with E-state index in [9.17, 15) is 4.79 Å². The Kier molecular flexibility index (Phi) is 10.0. The predicted molar refractivity (Wildman–Crippen MR) is 162 cm³/mol. The second kappa shape index (κ2) is 13.6. The molecule has 0 radical (unpaired) electrons. The number of likely N-dealkylation sites (tertiary alicyclic amines) is 1. The first-order valence-corrected chi connectivity index (χ1v) is 17.4. The minimum atomic E-state index is -0.971. The van der Waals surface area contributed by atoms with Crippen LogP contribution in [-0.4, -0.2) is 82.4 Å². The molecule has 8 nitrogen and oxygen atoms in total. The molecule has 0 bridgehead atoms. The van der Waals surface area contributed by atoms with Crippen LogP contribution in [0.4, 0.5) is 4.39 Å². The molecule has 3 aliphatic heterocycles. The second-order valence-corrected chi connectivity index (χ2v) is 14.4. The fourth-order valence-electron chi connectivity index (χ4n) is 8.53. The first-order valence-electron chi connectivity index (χ1n) is 16.9. The van der Waals surface area contributed by atoms with Gasteiger partial charge in [-0.25, -0.2) is 9.37 Å². The van der Waals surface area contributed by atoms with E-state index in [1.165, 1.54) is 0 Å². The third-order valence-electron chi connectivity index (χ3n) is 11.0. The van der Waals surface area contributed by atoms with E-state index in [2.05, 4.69) is 16.4 Å². The zero-order valence-electron chi connectivity index (χ0n) is 26.3. The standard InChI is InChI=1S/C33H51ClFN3O5/c1-4-40-31(39)11-10-28-21(2)36-30(38(28)19-24-14-17-41-24)20-37-15-12-22(13-16-37)25-6-5-7-29-32(25)43-33(3,42-29)26-9-8-23(34)18-27(26)35/h22-27,29,32H,4-20H2,1-3H3/t23?,24-,25?,26?,27?,29?,32?,33-/m0/s1. The normalized spacial score (nSPS) is 37.2. The number of aryl methyl sites for hydroxylation is 1. The smallest absolute Gasteiger partial charge is 0.306 e. The summed E-state index contributed by atoms with van der Waals surface area (Å²) < 4.78 is 41.7. The van der Waals surface area contributed by atoms with Crippen molar-refractivity contribution in [3.8, 4) is 0 Å². The largest absolute Gasteiger partial charge is 0.466 e. The van der Waals surface area contributed by atoms with Crippen molar-refractivity contribution in [3.63, 3.8) is 0 Å². The van der Waals surface area contributed by atoms with Crippen LogP contribution in [0.2, 0.25) is 0 Å². The number of hydrogen-bond donors (Lipinski definition) is 0. The van der Waals surface area contributed by atoms with E-state index in [-0.39, 0.29) is 35.6 Å². The molecule has 1 aromatic rings. The molecule has 3 saturated heterocycles. The van der Waals surface area contributed by atoms with Crippen molar-refractivity contribution in [2.45, 2.75) is 140 Å². The Labute approximate surface area is 261 Å². The maximum Gasteiger partial charge on any atom is 0.306 e. The zero-order chi connectivity index (χ0) is 30.1. The molecular weight excluding hydrogens is 573 g/mol. The van der Waals surface area contributed by atoms with E-state index in [4.69, 9.17) is 35.5 Å². The van der Waals surface area contributed by atoms with Crippen LogP contribution < -0.4 is 0 Å². The number of carbonyl (C=O) groups is 1. The molecule has 43 heavy (non-hydrogen) atoms. The van der Waals surface area contributed by atoms with E-state index in [1.807, 2.05) is 13.8 Å². The Balaban J connectivity index is 1.07. The Hall–Kier alpha value is -1.26. The summed E-state index contributed by atoms with van der Waals surface area (Å²) in [4.78, 5) is 19.6. The number of nitrogens with zero attached hydrogens (tertiary/aromatic N) is 3. The summed E-state index contributed by atoms with van der Waals surface area (Å²) in [6, 6.07) is 0. The Morgan fingerprint density at radius 2 is 1.93 bits per heavy atom. The zero-order valence-corrected chi connectivity index (χ0v) is 27.0. The van der Waals surface area contributed by atoms with E-state index in [0.29, 0.717) is 37.7 Å². The molecule has 2 saturated carbocycles. The van der Waals surface area contributed by atoms with Crippen molar-refractivity contribution in [1.82, 2.24) is 14.5 Å². The Morgan fingerprint density at radius 1 is 1.14 bits per heavy atom. The number of esters is 1. The molecule has 5 aliphatic rings. The van der Waals surface area contributed by atoms with Gasteiger partial charge >= 0.3 is 5.97 Å². The molecule has 242 valence electrons. The van der Waals surface area contributed by atoms with Crippen LogP contribution in [0.3, 0.4) is 0 Å². The quantitative estimate of drug-likeness (QED) is 0.243. The number of fused-ring (bicyclic) bond motifs is 1. The molecule has 1 aromatic heterocycles. The van der Waals surface area contributed by atoms with Gasteiger partial charge in [0, 0.05) is 23.6 Å². The fourth-order valence-corrected chi connectivity index (χ4v) is 8.83. The van der Waals surface area contributed by atoms with Gasteiger partial charge in [0.05, 0.1) is 50.1 Å². The molecule has 8 atom stereocenters. The number of alkyl halides is 2.